The highest BCUT2D eigenvalue weighted by Gasteiger charge is 2.33. The summed E-state index contributed by atoms with van der Waals surface area (Å²) in [6, 6.07) is 15.5. The van der Waals surface area contributed by atoms with Gasteiger partial charge in [-0.15, -0.1) is 18.3 Å². The van der Waals surface area contributed by atoms with Crippen LogP contribution < -0.4 is 15.0 Å². The number of carbonyl (C=O) groups excluding carboxylic acids is 2. The van der Waals surface area contributed by atoms with Gasteiger partial charge < -0.3 is 20.2 Å². The Labute approximate surface area is 258 Å². The van der Waals surface area contributed by atoms with Crippen LogP contribution in [0.3, 0.4) is 0 Å². The Morgan fingerprint density at radius 1 is 1.12 bits per heavy atom. The number of nitrogens with zero attached hydrogens (tertiary/aromatic N) is 3. The molecule has 0 aromatic heterocycles. The zero-order valence-corrected chi connectivity index (χ0v) is 24.5. The number of para-hydroxylation sites is 1. The summed E-state index contributed by atoms with van der Waals surface area (Å²) >= 11 is 13.7. The maximum Gasteiger partial charge on any atom is 0.573 e. The lowest BCUT2D eigenvalue weighted by molar-refractivity contribution is -0.274. The Balaban J connectivity index is 1.41. The van der Waals surface area contributed by atoms with E-state index in [9.17, 15) is 22.8 Å². The third kappa shape index (κ3) is 8.49. The van der Waals surface area contributed by atoms with Crippen LogP contribution in [0, 0.1) is 5.41 Å². The van der Waals surface area contributed by atoms with E-state index < -0.39 is 24.1 Å². The highest BCUT2D eigenvalue weighted by atomic mass is 35.5. The van der Waals surface area contributed by atoms with Crippen molar-refractivity contribution >= 4 is 75.3 Å². The van der Waals surface area contributed by atoms with E-state index in [0.717, 1.165) is 12.1 Å². The van der Waals surface area contributed by atoms with Crippen LogP contribution in [0.25, 0.3) is 0 Å². The summed E-state index contributed by atoms with van der Waals surface area (Å²) in [5.41, 5.74) is 1.95. The quantitative estimate of drug-likeness (QED) is 0.142. The van der Waals surface area contributed by atoms with Gasteiger partial charge in [-0.3, -0.25) is 9.69 Å². The standard InChI is InChI=1S/C28H22Cl2F3N5O4S/c1-41-26(40)23(36-18-9-11-19(12-10-18)42-28(31,32)33)13-22(34)17-7-5-16(6-8-17)14-35-37-27-38(24(39)15-43-27)25-20(29)3-2-4-21(25)30/h2-12,14,23,34,36H,13,15H2,1H3/b34-22?,35-14+,37-27-. The number of amidine groups is 1. The van der Waals surface area contributed by atoms with Crippen LogP contribution in [-0.4, -0.2) is 54.2 Å². The fraction of sp³-hybridized carbons (Fsp3) is 0.179. The van der Waals surface area contributed by atoms with Crippen LogP contribution in [0.2, 0.25) is 10.0 Å². The third-order valence-corrected chi connectivity index (χ3v) is 7.38. The van der Waals surface area contributed by atoms with Crippen molar-refractivity contribution in [2.75, 3.05) is 23.1 Å². The first-order valence-corrected chi connectivity index (χ1v) is 14.1. The van der Waals surface area contributed by atoms with E-state index in [4.69, 9.17) is 33.3 Å². The van der Waals surface area contributed by atoms with Crippen LogP contribution in [0.5, 0.6) is 5.75 Å². The number of alkyl halides is 3. The first-order chi connectivity index (χ1) is 20.4. The fourth-order valence-electron chi connectivity index (χ4n) is 3.89. The number of benzene rings is 3. The Hall–Kier alpha value is -4.07. The van der Waals surface area contributed by atoms with Crippen molar-refractivity contribution in [3.63, 3.8) is 0 Å². The summed E-state index contributed by atoms with van der Waals surface area (Å²) in [7, 11) is 1.20. The molecule has 0 aliphatic carbocycles. The second kappa shape index (κ2) is 13.9. The minimum atomic E-state index is -4.82. The van der Waals surface area contributed by atoms with Gasteiger partial charge in [0, 0.05) is 17.8 Å². The molecule has 3 aromatic rings. The van der Waals surface area contributed by atoms with Crippen molar-refractivity contribution in [1.82, 2.24) is 0 Å². The number of thioether (sulfide) groups is 1. The van der Waals surface area contributed by atoms with Gasteiger partial charge in [0.25, 0.3) is 0 Å². The largest absolute Gasteiger partial charge is 0.573 e. The van der Waals surface area contributed by atoms with Gasteiger partial charge in [-0.2, -0.15) is 5.10 Å². The molecule has 3 aromatic carbocycles. The molecule has 43 heavy (non-hydrogen) atoms. The Bertz CT molecular complexity index is 1550. The summed E-state index contributed by atoms with van der Waals surface area (Å²) in [6.45, 7) is 0. The second-order valence-corrected chi connectivity index (χ2v) is 10.6. The third-order valence-electron chi connectivity index (χ3n) is 5.86. The zero-order chi connectivity index (χ0) is 31.1. The summed E-state index contributed by atoms with van der Waals surface area (Å²) in [5.74, 6) is -1.14. The molecule has 9 nitrogen and oxygen atoms in total. The van der Waals surface area contributed by atoms with Gasteiger partial charge in [-0.05, 0) is 47.5 Å². The monoisotopic (exact) mass is 651 g/mol. The molecule has 1 saturated heterocycles. The maximum atomic E-state index is 12.5. The van der Waals surface area contributed by atoms with E-state index in [1.807, 2.05) is 0 Å². The summed E-state index contributed by atoms with van der Waals surface area (Å²) in [6.07, 6.45) is -3.42. The zero-order valence-electron chi connectivity index (χ0n) is 22.2. The summed E-state index contributed by atoms with van der Waals surface area (Å²) < 4.78 is 45.9. The molecule has 1 aliphatic rings. The SMILES string of the molecule is COC(=O)C(CC(=N)c1ccc(/C=N/N=C2\SCC(=O)N2c2c(Cl)cccc2Cl)cc1)Nc1ccc(OC(F)(F)F)cc1. The Morgan fingerprint density at radius 3 is 2.37 bits per heavy atom. The number of ether oxygens (including phenoxy) is 2. The molecule has 2 N–H and O–H groups in total. The molecule has 15 heteroatoms. The van der Waals surface area contributed by atoms with Crippen LogP contribution in [0.1, 0.15) is 17.5 Å². The van der Waals surface area contributed by atoms with Crippen LogP contribution in [0.15, 0.2) is 76.9 Å². The van der Waals surface area contributed by atoms with E-state index in [-0.39, 0.29) is 23.8 Å². The van der Waals surface area contributed by atoms with Gasteiger partial charge in [0.2, 0.25) is 5.91 Å². The predicted molar refractivity (Wildman–Crippen MR) is 162 cm³/mol. The van der Waals surface area contributed by atoms with Gasteiger partial charge in [-0.25, -0.2) is 4.79 Å². The lowest BCUT2D eigenvalue weighted by Gasteiger charge is -2.19. The van der Waals surface area contributed by atoms with Crippen LogP contribution in [0.4, 0.5) is 24.5 Å². The van der Waals surface area contributed by atoms with Gasteiger partial charge >= 0.3 is 12.3 Å². The van der Waals surface area contributed by atoms with Crippen molar-refractivity contribution in [2.24, 2.45) is 10.2 Å². The van der Waals surface area contributed by atoms with Crippen molar-refractivity contribution in [3.05, 3.63) is 87.9 Å². The Kier molecular flexibility index (Phi) is 10.3. The van der Waals surface area contributed by atoms with E-state index in [2.05, 4.69) is 20.3 Å². The van der Waals surface area contributed by atoms with Gasteiger partial charge in [-0.1, -0.05) is 65.3 Å². The molecular formula is C28H22Cl2F3N5O4S. The number of carbonyl (C=O) groups is 2. The number of methoxy groups -OCH3 is 1. The van der Waals surface area contributed by atoms with Crippen molar-refractivity contribution in [1.29, 1.82) is 5.41 Å². The van der Waals surface area contributed by atoms with Gasteiger partial charge in [0.1, 0.15) is 11.8 Å². The summed E-state index contributed by atoms with van der Waals surface area (Å²) in [5, 5.41) is 20.6. The molecule has 1 aliphatic heterocycles. The molecule has 0 radical (unpaired) electrons. The van der Waals surface area contributed by atoms with E-state index in [0.29, 0.717) is 37.7 Å². The average molecular weight is 652 g/mol. The smallest absolute Gasteiger partial charge is 0.467 e. The molecule has 224 valence electrons. The molecule has 1 atom stereocenters. The number of rotatable bonds is 10. The highest BCUT2D eigenvalue weighted by molar-refractivity contribution is 8.15. The van der Waals surface area contributed by atoms with Gasteiger partial charge in [0.15, 0.2) is 5.17 Å². The number of nitrogens with one attached hydrogen (secondary N) is 2. The topological polar surface area (TPSA) is 116 Å². The van der Waals surface area contributed by atoms with Crippen LogP contribution in [-0.2, 0) is 14.3 Å². The maximum absolute atomic E-state index is 12.5. The molecule has 1 amide bonds. The van der Waals surface area contributed by atoms with E-state index in [1.54, 1.807) is 42.5 Å². The fourth-order valence-corrected chi connectivity index (χ4v) is 5.26. The first kappa shape index (κ1) is 31.9. The molecule has 4 rings (SSSR count). The lowest BCUT2D eigenvalue weighted by atomic mass is 10.0. The van der Waals surface area contributed by atoms with E-state index in [1.165, 1.54) is 42.1 Å². The van der Waals surface area contributed by atoms with Gasteiger partial charge in [0.05, 0.1) is 34.8 Å². The highest BCUT2D eigenvalue weighted by Crippen LogP contribution is 2.38. The first-order valence-electron chi connectivity index (χ1n) is 12.3. The molecule has 1 unspecified atom stereocenters. The molecule has 0 bridgehead atoms. The molecule has 0 saturated carbocycles. The Morgan fingerprint density at radius 2 is 1.77 bits per heavy atom. The number of esters is 1. The minimum absolute atomic E-state index is 0.0692. The predicted octanol–water partition coefficient (Wildman–Crippen LogP) is 6.77. The average Bonchev–Trinajstić information content (AvgIpc) is 3.32. The van der Waals surface area contributed by atoms with E-state index >= 15 is 0 Å². The normalized spacial score (nSPS) is 15.2. The number of halogens is 5. The molecular weight excluding hydrogens is 630 g/mol. The van der Waals surface area contributed by atoms with Crippen LogP contribution >= 0.6 is 35.0 Å². The second-order valence-electron chi connectivity index (χ2n) is 8.81. The molecule has 0 spiro atoms. The molecule has 1 heterocycles. The van der Waals surface area contributed by atoms with Crippen molar-refractivity contribution in [2.45, 2.75) is 18.8 Å². The van der Waals surface area contributed by atoms with Crippen molar-refractivity contribution in [3.8, 4) is 5.75 Å². The lowest BCUT2D eigenvalue weighted by Crippen LogP contribution is -2.33. The molecule has 1 fully saturated rings. The number of amides is 1. The number of anilines is 2. The summed E-state index contributed by atoms with van der Waals surface area (Å²) in [4.78, 5) is 26.2. The number of hydrogen-bond donors (Lipinski definition) is 2. The minimum Gasteiger partial charge on any atom is -0.467 e. The number of hydrogen-bond acceptors (Lipinski definition) is 9. The van der Waals surface area contributed by atoms with Crippen molar-refractivity contribution < 1.29 is 32.2 Å².